The summed E-state index contributed by atoms with van der Waals surface area (Å²) in [7, 11) is 6.84. The molecule has 2 bridgehead atoms. The smallest absolute Gasteiger partial charge is 0.161 e. The Balaban J connectivity index is 2.07. The van der Waals surface area contributed by atoms with Crippen molar-refractivity contribution >= 4 is 0 Å². The first-order chi connectivity index (χ1) is 16.3. The molecule has 0 heterocycles. The predicted octanol–water partition coefficient (Wildman–Crippen LogP) is 6.33. The van der Waals surface area contributed by atoms with Gasteiger partial charge in [-0.25, -0.2) is 0 Å². The second-order valence-electron chi connectivity index (χ2n) is 9.98. The van der Waals surface area contributed by atoms with E-state index in [9.17, 15) is 0 Å². The fourth-order valence-electron chi connectivity index (χ4n) is 6.97. The molecule has 3 aliphatic carbocycles. The molecule has 0 spiro atoms. The van der Waals surface area contributed by atoms with Crippen LogP contribution in [-0.2, 0) is 10.8 Å². The van der Waals surface area contributed by atoms with Crippen LogP contribution in [0.25, 0.3) is 0 Å². The van der Waals surface area contributed by atoms with E-state index in [2.05, 4.69) is 76.2 Å². The fraction of sp³-hybridized carbons (Fsp3) is 0.400. The van der Waals surface area contributed by atoms with E-state index in [-0.39, 0.29) is 22.7 Å². The summed E-state index contributed by atoms with van der Waals surface area (Å²) in [5.74, 6) is 3.57. The average Bonchev–Trinajstić information content (AvgIpc) is 2.85. The molecule has 0 saturated heterocycles. The van der Waals surface area contributed by atoms with Crippen molar-refractivity contribution in [1.82, 2.24) is 0 Å². The van der Waals surface area contributed by atoms with Crippen molar-refractivity contribution in [3.05, 3.63) is 81.9 Å². The zero-order valence-corrected chi connectivity index (χ0v) is 21.4. The second kappa shape index (κ2) is 7.69. The summed E-state index contributed by atoms with van der Waals surface area (Å²) in [5, 5.41) is 0. The van der Waals surface area contributed by atoms with Crippen molar-refractivity contribution < 1.29 is 18.9 Å². The van der Waals surface area contributed by atoms with Gasteiger partial charge in [0.1, 0.15) is 0 Å². The summed E-state index contributed by atoms with van der Waals surface area (Å²) in [6.07, 6.45) is 0. The minimum Gasteiger partial charge on any atom is -0.493 e. The maximum atomic E-state index is 5.82. The van der Waals surface area contributed by atoms with E-state index in [4.69, 9.17) is 18.9 Å². The summed E-state index contributed by atoms with van der Waals surface area (Å²) in [6.45, 7) is 9.24. The molecule has 3 aliphatic rings. The van der Waals surface area contributed by atoms with E-state index in [1.54, 1.807) is 28.4 Å². The van der Waals surface area contributed by atoms with Crippen LogP contribution in [0.3, 0.4) is 0 Å². The number of hydrogen-bond acceptors (Lipinski definition) is 4. The predicted molar refractivity (Wildman–Crippen MR) is 135 cm³/mol. The van der Waals surface area contributed by atoms with Crippen LogP contribution in [0, 0.1) is 11.8 Å². The Labute approximate surface area is 202 Å². The van der Waals surface area contributed by atoms with E-state index in [0.29, 0.717) is 0 Å². The highest BCUT2D eigenvalue weighted by Gasteiger charge is 2.61. The molecule has 0 aliphatic heterocycles. The number of ether oxygens (including phenoxy) is 4. The van der Waals surface area contributed by atoms with Crippen LogP contribution in [0.5, 0.6) is 23.0 Å². The van der Waals surface area contributed by atoms with Gasteiger partial charge in [-0.2, -0.15) is 0 Å². The van der Waals surface area contributed by atoms with E-state index in [1.807, 2.05) is 0 Å². The van der Waals surface area contributed by atoms with E-state index >= 15 is 0 Å². The third-order valence-corrected chi connectivity index (χ3v) is 8.26. The monoisotopic (exact) mass is 458 g/mol. The first-order valence-corrected chi connectivity index (χ1v) is 12.0. The summed E-state index contributed by atoms with van der Waals surface area (Å²) in [5.41, 5.74) is 7.13. The summed E-state index contributed by atoms with van der Waals surface area (Å²) in [6, 6.07) is 17.8. The molecule has 34 heavy (non-hydrogen) atoms. The maximum absolute atomic E-state index is 5.82. The lowest BCUT2D eigenvalue weighted by atomic mass is 9.42. The van der Waals surface area contributed by atoms with Gasteiger partial charge in [0.2, 0.25) is 0 Å². The van der Waals surface area contributed by atoms with Gasteiger partial charge in [0.05, 0.1) is 28.4 Å². The summed E-state index contributed by atoms with van der Waals surface area (Å²) >= 11 is 0. The zero-order chi connectivity index (χ0) is 24.4. The Morgan fingerprint density at radius 1 is 0.471 bits per heavy atom. The molecule has 0 amide bonds. The van der Waals surface area contributed by atoms with Gasteiger partial charge in [0.15, 0.2) is 23.0 Å². The average molecular weight is 459 g/mol. The first-order valence-electron chi connectivity index (χ1n) is 12.0. The standard InChI is InChI=1S/C30H34O4/c1-17(2)29-19-11-9-10-12-20(19)30(18(3)4,23-15-27(33-7)25(31-5)13-21(23)29)24-16-28(34-8)26(32-6)14-22(24)29/h9-18H,1-8H3. The van der Waals surface area contributed by atoms with Crippen LogP contribution in [0.15, 0.2) is 48.5 Å². The lowest BCUT2D eigenvalue weighted by Crippen LogP contribution is -2.55. The maximum Gasteiger partial charge on any atom is 0.161 e. The van der Waals surface area contributed by atoms with Crippen molar-refractivity contribution in [3.63, 3.8) is 0 Å². The molecule has 4 heteroatoms. The molecule has 0 radical (unpaired) electrons. The van der Waals surface area contributed by atoms with Crippen LogP contribution in [-0.4, -0.2) is 28.4 Å². The van der Waals surface area contributed by atoms with Crippen LogP contribution in [0.1, 0.15) is 61.1 Å². The molecule has 178 valence electrons. The zero-order valence-electron chi connectivity index (χ0n) is 21.4. The van der Waals surface area contributed by atoms with Crippen LogP contribution in [0.2, 0.25) is 0 Å². The van der Waals surface area contributed by atoms with E-state index in [1.165, 1.54) is 33.4 Å². The Morgan fingerprint density at radius 3 is 0.941 bits per heavy atom. The first kappa shape index (κ1) is 22.6. The van der Waals surface area contributed by atoms with Gasteiger partial charge in [0.25, 0.3) is 0 Å². The van der Waals surface area contributed by atoms with E-state index < -0.39 is 0 Å². The molecule has 3 aromatic rings. The van der Waals surface area contributed by atoms with Gasteiger partial charge in [0, 0.05) is 10.8 Å². The molecular weight excluding hydrogens is 424 g/mol. The van der Waals surface area contributed by atoms with Gasteiger partial charge in [-0.05, 0) is 69.5 Å². The Kier molecular flexibility index (Phi) is 5.12. The quantitative estimate of drug-likeness (QED) is 0.433. The second-order valence-corrected chi connectivity index (χ2v) is 9.98. The fourth-order valence-corrected chi connectivity index (χ4v) is 6.97. The minimum atomic E-state index is -0.364. The van der Waals surface area contributed by atoms with Gasteiger partial charge in [-0.15, -0.1) is 0 Å². The molecule has 0 N–H and O–H groups in total. The number of methoxy groups -OCH3 is 4. The topological polar surface area (TPSA) is 36.9 Å². The third-order valence-electron chi connectivity index (χ3n) is 8.26. The molecule has 3 aromatic carbocycles. The molecule has 0 fully saturated rings. The third kappa shape index (κ3) is 2.44. The van der Waals surface area contributed by atoms with Gasteiger partial charge < -0.3 is 18.9 Å². The highest BCUT2D eigenvalue weighted by molar-refractivity contribution is 5.79. The number of rotatable bonds is 6. The Hall–Kier alpha value is -3.14. The Bertz CT molecular complexity index is 1110. The van der Waals surface area contributed by atoms with Crippen molar-refractivity contribution in [2.24, 2.45) is 11.8 Å². The molecule has 4 nitrogen and oxygen atoms in total. The molecule has 0 saturated carbocycles. The molecule has 0 aromatic heterocycles. The minimum absolute atomic E-state index is 0.271. The van der Waals surface area contributed by atoms with Gasteiger partial charge in [-0.3, -0.25) is 0 Å². The molecule has 0 atom stereocenters. The Morgan fingerprint density at radius 2 is 0.735 bits per heavy atom. The SMILES string of the molecule is COc1cc2c(cc1OC)C1(C(C)C)c3ccccc3C2(C(C)C)c2cc(OC)c(OC)cc21. The highest BCUT2D eigenvalue weighted by Crippen LogP contribution is 2.68. The number of hydrogen-bond donors (Lipinski definition) is 0. The van der Waals surface area contributed by atoms with Crippen molar-refractivity contribution in [1.29, 1.82) is 0 Å². The molecule has 0 unspecified atom stereocenters. The van der Waals surface area contributed by atoms with Crippen molar-refractivity contribution in [3.8, 4) is 23.0 Å². The van der Waals surface area contributed by atoms with Gasteiger partial charge >= 0.3 is 0 Å². The number of benzene rings is 3. The largest absolute Gasteiger partial charge is 0.493 e. The van der Waals surface area contributed by atoms with Crippen molar-refractivity contribution in [2.45, 2.75) is 38.5 Å². The van der Waals surface area contributed by atoms with E-state index in [0.717, 1.165) is 23.0 Å². The van der Waals surface area contributed by atoms with Gasteiger partial charge in [-0.1, -0.05) is 52.0 Å². The van der Waals surface area contributed by atoms with Crippen LogP contribution >= 0.6 is 0 Å². The lowest BCUT2D eigenvalue weighted by molar-refractivity contribution is 0.307. The highest BCUT2D eigenvalue weighted by atomic mass is 16.5. The van der Waals surface area contributed by atoms with Crippen LogP contribution < -0.4 is 18.9 Å². The van der Waals surface area contributed by atoms with Crippen LogP contribution in [0.4, 0.5) is 0 Å². The summed E-state index contributed by atoms with van der Waals surface area (Å²) in [4.78, 5) is 0. The normalized spacial score (nSPS) is 21.7. The lowest BCUT2D eigenvalue weighted by Gasteiger charge is -2.60. The summed E-state index contributed by atoms with van der Waals surface area (Å²) < 4.78 is 23.3. The molecule has 6 rings (SSSR count). The molecular formula is C30H34O4. The van der Waals surface area contributed by atoms with Crippen molar-refractivity contribution in [2.75, 3.05) is 28.4 Å².